The summed E-state index contributed by atoms with van der Waals surface area (Å²) in [5.74, 6) is 0.851. The molecule has 2 nitrogen and oxygen atoms in total. The van der Waals surface area contributed by atoms with Gasteiger partial charge in [0.25, 0.3) is 0 Å². The fraction of sp³-hybridized carbons (Fsp3) is 1.00. The molecule has 2 aliphatic carbocycles. The summed E-state index contributed by atoms with van der Waals surface area (Å²) in [6, 6.07) is 0. The first-order valence-electron chi connectivity index (χ1n) is 4.53. The van der Waals surface area contributed by atoms with E-state index in [0.29, 0.717) is 6.61 Å². The molecule has 0 aromatic rings. The van der Waals surface area contributed by atoms with Crippen molar-refractivity contribution in [2.45, 2.75) is 25.7 Å². The summed E-state index contributed by atoms with van der Waals surface area (Å²) in [6.07, 6.45) is 5.03. The molecule has 0 unspecified atom stereocenters. The summed E-state index contributed by atoms with van der Waals surface area (Å²) in [6.45, 7) is 2.04. The standard InChI is InChI=1S/C9H16O2/c10-6-9(3-4-9)7-11-5-8-1-2-8/h8,10H,1-7H2. The molecular formula is C9H16O2. The molecule has 0 bridgehead atoms. The van der Waals surface area contributed by atoms with E-state index in [2.05, 4.69) is 0 Å². The SMILES string of the molecule is OCC1(COCC2CC2)CC1. The highest BCUT2D eigenvalue weighted by atomic mass is 16.5. The van der Waals surface area contributed by atoms with Crippen LogP contribution in [-0.2, 0) is 4.74 Å². The average Bonchev–Trinajstić information content (AvgIpc) is 2.80. The topological polar surface area (TPSA) is 29.5 Å². The first-order chi connectivity index (χ1) is 5.35. The van der Waals surface area contributed by atoms with Crippen LogP contribution in [0.15, 0.2) is 0 Å². The van der Waals surface area contributed by atoms with Crippen LogP contribution in [0.2, 0.25) is 0 Å². The van der Waals surface area contributed by atoms with Crippen molar-refractivity contribution in [1.29, 1.82) is 0 Å². The van der Waals surface area contributed by atoms with Gasteiger partial charge in [-0.1, -0.05) is 0 Å². The Balaban J connectivity index is 1.58. The summed E-state index contributed by atoms with van der Waals surface area (Å²) in [7, 11) is 0. The molecule has 0 radical (unpaired) electrons. The van der Waals surface area contributed by atoms with E-state index in [4.69, 9.17) is 9.84 Å². The zero-order valence-electron chi connectivity index (χ0n) is 6.88. The van der Waals surface area contributed by atoms with Crippen LogP contribution in [0.3, 0.4) is 0 Å². The third-order valence-electron chi connectivity index (χ3n) is 2.75. The molecule has 2 aliphatic rings. The first kappa shape index (κ1) is 7.56. The number of hydrogen-bond donors (Lipinski definition) is 1. The summed E-state index contributed by atoms with van der Waals surface area (Å²) in [5, 5.41) is 8.96. The molecule has 64 valence electrons. The van der Waals surface area contributed by atoms with Crippen LogP contribution >= 0.6 is 0 Å². The van der Waals surface area contributed by atoms with Crippen molar-refractivity contribution >= 4 is 0 Å². The highest BCUT2D eigenvalue weighted by molar-refractivity contribution is 4.92. The summed E-state index contributed by atoms with van der Waals surface area (Å²) in [5.41, 5.74) is 0.189. The minimum absolute atomic E-state index is 0.189. The number of hydrogen-bond acceptors (Lipinski definition) is 2. The molecule has 0 aromatic carbocycles. The fourth-order valence-corrected chi connectivity index (χ4v) is 1.25. The molecular weight excluding hydrogens is 140 g/mol. The second-order valence-electron chi connectivity index (χ2n) is 4.12. The van der Waals surface area contributed by atoms with Crippen molar-refractivity contribution in [3.63, 3.8) is 0 Å². The van der Waals surface area contributed by atoms with Gasteiger partial charge in [0.1, 0.15) is 0 Å². The molecule has 2 fully saturated rings. The van der Waals surface area contributed by atoms with Crippen LogP contribution in [0, 0.1) is 11.3 Å². The van der Waals surface area contributed by atoms with Gasteiger partial charge in [0.15, 0.2) is 0 Å². The molecule has 1 N–H and O–H groups in total. The Morgan fingerprint density at radius 3 is 2.55 bits per heavy atom. The predicted octanol–water partition coefficient (Wildman–Crippen LogP) is 1.19. The van der Waals surface area contributed by atoms with E-state index in [-0.39, 0.29) is 5.41 Å². The maximum Gasteiger partial charge on any atom is 0.0544 e. The molecule has 0 spiro atoms. The average molecular weight is 156 g/mol. The second kappa shape index (κ2) is 2.76. The Morgan fingerprint density at radius 2 is 2.09 bits per heavy atom. The van der Waals surface area contributed by atoms with Crippen LogP contribution in [0.1, 0.15) is 25.7 Å². The van der Waals surface area contributed by atoms with E-state index in [0.717, 1.165) is 32.0 Å². The molecule has 0 aliphatic heterocycles. The van der Waals surface area contributed by atoms with Crippen molar-refractivity contribution in [3.8, 4) is 0 Å². The Labute approximate surface area is 67.6 Å². The fourth-order valence-electron chi connectivity index (χ4n) is 1.25. The van der Waals surface area contributed by atoms with Gasteiger partial charge in [0.2, 0.25) is 0 Å². The van der Waals surface area contributed by atoms with Gasteiger partial charge in [-0.2, -0.15) is 0 Å². The van der Waals surface area contributed by atoms with Gasteiger partial charge in [0.05, 0.1) is 13.2 Å². The minimum Gasteiger partial charge on any atom is -0.396 e. The first-order valence-corrected chi connectivity index (χ1v) is 4.53. The lowest BCUT2D eigenvalue weighted by molar-refractivity contribution is 0.0555. The van der Waals surface area contributed by atoms with Crippen molar-refractivity contribution in [3.05, 3.63) is 0 Å². The Kier molecular flexibility index (Phi) is 1.90. The van der Waals surface area contributed by atoms with Gasteiger partial charge in [-0.05, 0) is 31.6 Å². The third kappa shape index (κ3) is 1.94. The van der Waals surface area contributed by atoms with Crippen molar-refractivity contribution in [1.82, 2.24) is 0 Å². The largest absolute Gasteiger partial charge is 0.396 e. The number of rotatable bonds is 5. The van der Waals surface area contributed by atoms with E-state index in [9.17, 15) is 0 Å². The Bertz CT molecular complexity index is 136. The highest BCUT2D eigenvalue weighted by Crippen LogP contribution is 2.45. The van der Waals surface area contributed by atoms with Crippen molar-refractivity contribution in [2.75, 3.05) is 19.8 Å². The number of ether oxygens (including phenoxy) is 1. The molecule has 0 atom stereocenters. The maximum atomic E-state index is 8.96. The lowest BCUT2D eigenvalue weighted by atomic mass is 10.1. The van der Waals surface area contributed by atoms with Crippen LogP contribution in [0.25, 0.3) is 0 Å². The van der Waals surface area contributed by atoms with E-state index in [1.165, 1.54) is 12.8 Å². The lowest BCUT2D eigenvalue weighted by Gasteiger charge is -2.11. The van der Waals surface area contributed by atoms with Crippen LogP contribution in [0.4, 0.5) is 0 Å². The quantitative estimate of drug-likeness (QED) is 0.647. The van der Waals surface area contributed by atoms with Crippen LogP contribution in [-0.4, -0.2) is 24.9 Å². The summed E-state index contributed by atoms with van der Waals surface area (Å²) < 4.78 is 5.52. The molecule has 2 rings (SSSR count). The van der Waals surface area contributed by atoms with E-state index >= 15 is 0 Å². The van der Waals surface area contributed by atoms with Crippen LogP contribution < -0.4 is 0 Å². The number of aliphatic hydroxyl groups is 1. The molecule has 11 heavy (non-hydrogen) atoms. The third-order valence-corrected chi connectivity index (χ3v) is 2.75. The molecule has 2 heteroatoms. The Hall–Kier alpha value is -0.0800. The van der Waals surface area contributed by atoms with Gasteiger partial charge >= 0.3 is 0 Å². The zero-order valence-corrected chi connectivity index (χ0v) is 6.88. The van der Waals surface area contributed by atoms with E-state index in [1.54, 1.807) is 0 Å². The van der Waals surface area contributed by atoms with Gasteiger partial charge in [-0.25, -0.2) is 0 Å². The predicted molar refractivity (Wildman–Crippen MR) is 42.3 cm³/mol. The molecule has 2 saturated carbocycles. The highest BCUT2D eigenvalue weighted by Gasteiger charge is 2.42. The Morgan fingerprint density at radius 1 is 1.36 bits per heavy atom. The van der Waals surface area contributed by atoms with Gasteiger partial charge < -0.3 is 9.84 Å². The number of aliphatic hydroxyl groups excluding tert-OH is 1. The lowest BCUT2D eigenvalue weighted by Crippen LogP contribution is -2.15. The smallest absolute Gasteiger partial charge is 0.0544 e. The molecule has 0 aromatic heterocycles. The molecule has 0 saturated heterocycles. The maximum absolute atomic E-state index is 8.96. The zero-order chi connectivity index (χ0) is 7.73. The van der Waals surface area contributed by atoms with E-state index < -0.39 is 0 Å². The van der Waals surface area contributed by atoms with E-state index in [1.807, 2.05) is 0 Å². The molecule has 0 amide bonds. The minimum atomic E-state index is 0.189. The van der Waals surface area contributed by atoms with Crippen molar-refractivity contribution < 1.29 is 9.84 Å². The summed E-state index contributed by atoms with van der Waals surface area (Å²) in [4.78, 5) is 0. The second-order valence-corrected chi connectivity index (χ2v) is 4.12. The van der Waals surface area contributed by atoms with Crippen LogP contribution in [0.5, 0.6) is 0 Å². The summed E-state index contributed by atoms with van der Waals surface area (Å²) >= 11 is 0. The molecule has 0 heterocycles. The monoisotopic (exact) mass is 156 g/mol. The van der Waals surface area contributed by atoms with Gasteiger partial charge in [-0.3, -0.25) is 0 Å². The van der Waals surface area contributed by atoms with Crippen molar-refractivity contribution in [2.24, 2.45) is 11.3 Å². The van der Waals surface area contributed by atoms with Gasteiger partial charge in [-0.15, -0.1) is 0 Å². The van der Waals surface area contributed by atoms with Gasteiger partial charge in [0, 0.05) is 12.0 Å². The normalized spacial score (nSPS) is 27.0.